The molecule has 0 fully saturated rings. The van der Waals surface area contributed by atoms with Crippen LogP contribution >= 0.6 is 0 Å². The van der Waals surface area contributed by atoms with Gasteiger partial charge in [0.2, 0.25) is 0 Å². The molecule has 0 saturated carbocycles. The molecule has 1 amide bonds. The molecule has 0 atom stereocenters. The molecule has 0 bridgehead atoms. The summed E-state index contributed by atoms with van der Waals surface area (Å²) in [6.45, 7) is 2.60. The molecule has 0 saturated heterocycles. The van der Waals surface area contributed by atoms with Crippen LogP contribution in [0.5, 0.6) is 0 Å². The maximum atomic E-state index is 13.7. The van der Waals surface area contributed by atoms with Crippen LogP contribution < -0.4 is 10.6 Å². The van der Waals surface area contributed by atoms with E-state index in [1.165, 1.54) is 17.8 Å². The van der Waals surface area contributed by atoms with E-state index in [1.807, 2.05) is 31.2 Å². The summed E-state index contributed by atoms with van der Waals surface area (Å²) in [5.41, 5.74) is 3.12. The van der Waals surface area contributed by atoms with E-state index in [2.05, 4.69) is 15.6 Å². The molecule has 0 aliphatic rings. The van der Waals surface area contributed by atoms with Crippen LogP contribution in [0.1, 0.15) is 21.5 Å². The van der Waals surface area contributed by atoms with Gasteiger partial charge in [0.05, 0.1) is 16.9 Å². The third kappa shape index (κ3) is 4.42. The van der Waals surface area contributed by atoms with Gasteiger partial charge >= 0.3 is 0 Å². The van der Waals surface area contributed by atoms with E-state index in [0.717, 1.165) is 11.6 Å². The molecule has 0 aliphatic heterocycles. The standard InChI is InChI=1S/C20H17F2N3O/c1-13-2-4-14(5-3-13)10-24-17-8-15(11-23-12-17)20(26)25-19-7-6-16(21)9-18(19)22/h2-9,11-12,24H,10H2,1H3,(H,25,26). The first kappa shape index (κ1) is 17.5. The summed E-state index contributed by atoms with van der Waals surface area (Å²) in [7, 11) is 0. The van der Waals surface area contributed by atoms with E-state index in [-0.39, 0.29) is 11.3 Å². The van der Waals surface area contributed by atoms with E-state index in [9.17, 15) is 13.6 Å². The highest BCUT2D eigenvalue weighted by molar-refractivity contribution is 6.04. The molecule has 132 valence electrons. The number of rotatable bonds is 5. The molecule has 0 radical (unpaired) electrons. The number of anilines is 2. The fraction of sp³-hybridized carbons (Fsp3) is 0.100. The second-order valence-corrected chi connectivity index (χ2v) is 5.88. The predicted molar refractivity (Wildman–Crippen MR) is 97.1 cm³/mol. The van der Waals surface area contributed by atoms with Crippen LogP contribution in [0, 0.1) is 18.6 Å². The molecule has 0 spiro atoms. The van der Waals surface area contributed by atoms with Crippen LogP contribution in [0.25, 0.3) is 0 Å². The van der Waals surface area contributed by atoms with Gasteiger partial charge in [-0.15, -0.1) is 0 Å². The van der Waals surface area contributed by atoms with Crippen molar-refractivity contribution >= 4 is 17.3 Å². The van der Waals surface area contributed by atoms with E-state index >= 15 is 0 Å². The first-order valence-electron chi connectivity index (χ1n) is 8.02. The zero-order chi connectivity index (χ0) is 18.5. The monoisotopic (exact) mass is 353 g/mol. The van der Waals surface area contributed by atoms with E-state index in [4.69, 9.17) is 0 Å². The van der Waals surface area contributed by atoms with Gasteiger partial charge in [-0.3, -0.25) is 9.78 Å². The lowest BCUT2D eigenvalue weighted by Crippen LogP contribution is -2.14. The number of pyridine rings is 1. The number of benzene rings is 2. The van der Waals surface area contributed by atoms with Gasteiger partial charge in [-0.1, -0.05) is 29.8 Å². The Morgan fingerprint density at radius 2 is 1.81 bits per heavy atom. The van der Waals surface area contributed by atoms with Gasteiger partial charge in [0, 0.05) is 25.0 Å². The van der Waals surface area contributed by atoms with Gasteiger partial charge in [-0.2, -0.15) is 0 Å². The molecule has 1 heterocycles. The summed E-state index contributed by atoms with van der Waals surface area (Å²) < 4.78 is 26.6. The molecule has 2 aromatic carbocycles. The molecule has 0 aliphatic carbocycles. The zero-order valence-corrected chi connectivity index (χ0v) is 14.1. The second kappa shape index (κ2) is 7.74. The number of carbonyl (C=O) groups is 1. The van der Waals surface area contributed by atoms with Crippen LogP contribution in [-0.4, -0.2) is 10.9 Å². The summed E-state index contributed by atoms with van der Waals surface area (Å²) in [6.07, 6.45) is 2.98. The molecule has 26 heavy (non-hydrogen) atoms. The summed E-state index contributed by atoms with van der Waals surface area (Å²) in [5.74, 6) is -2.06. The van der Waals surface area contributed by atoms with Crippen LogP contribution in [0.4, 0.5) is 20.2 Å². The molecule has 6 heteroatoms. The third-order valence-corrected chi connectivity index (χ3v) is 3.80. The largest absolute Gasteiger partial charge is 0.380 e. The number of hydrogen-bond donors (Lipinski definition) is 2. The summed E-state index contributed by atoms with van der Waals surface area (Å²) >= 11 is 0. The fourth-order valence-electron chi connectivity index (χ4n) is 2.36. The average molecular weight is 353 g/mol. The van der Waals surface area contributed by atoms with Crippen LogP contribution in [0.3, 0.4) is 0 Å². The number of nitrogens with one attached hydrogen (secondary N) is 2. The summed E-state index contributed by atoms with van der Waals surface area (Å²) in [5, 5.41) is 5.60. The maximum Gasteiger partial charge on any atom is 0.257 e. The predicted octanol–water partition coefficient (Wildman–Crippen LogP) is 4.53. The van der Waals surface area contributed by atoms with Crippen molar-refractivity contribution < 1.29 is 13.6 Å². The number of hydrogen-bond acceptors (Lipinski definition) is 3. The van der Waals surface area contributed by atoms with Gasteiger partial charge in [0.25, 0.3) is 5.91 Å². The number of halogens is 2. The lowest BCUT2D eigenvalue weighted by atomic mass is 10.1. The highest BCUT2D eigenvalue weighted by Gasteiger charge is 2.11. The SMILES string of the molecule is Cc1ccc(CNc2cncc(C(=O)Nc3ccc(F)cc3F)c2)cc1. The van der Waals surface area contributed by atoms with Gasteiger partial charge in [-0.25, -0.2) is 8.78 Å². The van der Waals surface area contributed by atoms with E-state index < -0.39 is 17.5 Å². The van der Waals surface area contributed by atoms with Crippen LogP contribution in [0.2, 0.25) is 0 Å². The average Bonchev–Trinajstić information content (AvgIpc) is 2.64. The molecular formula is C20H17F2N3O. The molecule has 2 N–H and O–H groups in total. The van der Waals surface area contributed by atoms with Crippen molar-refractivity contribution in [2.24, 2.45) is 0 Å². The summed E-state index contributed by atoms with van der Waals surface area (Å²) in [4.78, 5) is 16.3. The third-order valence-electron chi connectivity index (χ3n) is 3.80. The number of aromatic nitrogens is 1. The lowest BCUT2D eigenvalue weighted by Gasteiger charge is -2.09. The van der Waals surface area contributed by atoms with Gasteiger partial charge in [-0.05, 0) is 30.7 Å². The van der Waals surface area contributed by atoms with Gasteiger partial charge in [0.15, 0.2) is 0 Å². The highest BCUT2D eigenvalue weighted by Crippen LogP contribution is 2.17. The quantitative estimate of drug-likeness (QED) is 0.708. The Labute approximate surface area is 149 Å². The molecule has 3 rings (SSSR count). The first-order valence-corrected chi connectivity index (χ1v) is 8.02. The number of nitrogens with zero attached hydrogens (tertiary/aromatic N) is 1. The normalized spacial score (nSPS) is 10.4. The Hall–Kier alpha value is -3.28. The second-order valence-electron chi connectivity index (χ2n) is 5.88. The Kier molecular flexibility index (Phi) is 5.22. The van der Waals surface area contributed by atoms with Crippen LogP contribution in [-0.2, 0) is 6.54 Å². The zero-order valence-electron chi connectivity index (χ0n) is 14.1. The van der Waals surface area contributed by atoms with Gasteiger partial charge in [0.1, 0.15) is 11.6 Å². The maximum absolute atomic E-state index is 13.7. The van der Waals surface area contributed by atoms with Gasteiger partial charge < -0.3 is 10.6 Å². The Morgan fingerprint density at radius 1 is 1.04 bits per heavy atom. The van der Waals surface area contributed by atoms with Crippen molar-refractivity contribution in [1.82, 2.24) is 4.98 Å². The smallest absolute Gasteiger partial charge is 0.257 e. The minimum Gasteiger partial charge on any atom is -0.380 e. The Morgan fingerprint density at radius 3 is 2.54 bits per heavy atom. The topological polar surface area (TPSA) is 54.0 Å². The first-order chi connectivity index (χ1) is 12.5. The molecule has 0 unspecified atom stereocenters. The number of carbonyl (C=O) groups excluding carboxylic acids is 1. The number of amides is 1. The number of aryl methyl sites for hydroxylation is 1. The molecule has 3 aromatic rings. The van der Waals surface area contributed by atoms with Crippen molar-refractivity contribution in [3.05, 3.63) is 89.2 Å². The molecular weight excluding hydrogens is 336 g/mol. The van der Waals surface area contributed by atoms with E-state index in [0.29, 0.717) is 18.3 Å². The van der Waals surface area contributed by atoms with Crippen molar-refractivity contribution in [1.29, 1.82) is 0 Å². The Balaban J connectivity index is 1.67. The summed E-state index contributed by atoms with van der Waals surface area (Å²) in [6, 6.07) is 12.7. The van der Waals surface area contributed by atoms with Crippen molar-refractivity contribution in [2.45, 2.75) is 13.5 Å². The minimum absolute atomic E-state index is 0.0885. The molecule has 4 nitrogen and oxygen atoms in total. The highest BCUT2D eigenvalue weighted by atomic mass is 19.1. The van der Waals surface area contributed by atoms with Crippen molar-refractivity contribution in [3.8, 4) is 0 Å². The minimum atomic E-state index is -0.833. The van der Waals surface area contributed by atoms with Crippen molar-refractivity contribution in [2.75, 3.05) is 10.6 Å². The van der Waals surface area contributed by atoms with Crippen LogP contribution in [0.15, 0.2) is 60.9 Å². The fourth-order valence-corrected chi connectivity index (χ4v) is 2.36. The Bertz CT molecular complexity index is 927. The van der Waals surface area contributed by atoms with Crippen molar-refractivity contribution in [3.63, 3.8) is 0 Å². The van der Waals surface area contributed by atoms with E-state index in [1.54, 1.807) is 12.3 Å². The lowest BCUT2D eigenvalue weighted by molar-refractivity contribution is 0.102. The molecule has 1 aromatic heterocycles.